The Labute approximate surface area is 114 Å². The second-order valence-electron chi connectivity index (χ2n) is 4.49. The number of hydrogen-bond donors (Lipinski definition) is 1. The molecule has 8 heteroatoms. The Bertz CT molecular complexity index is 572. The SMILES string of the molecule is O=S1(=O)CC(NCCOCC(F)(F)F)c2ccccc21. The van der Waals surface area contributed by atoms with Gasteiger partial charge in [-0.2, -0.15) is 13.2 Å². The van der Waals surface area contributed by atoms with Gasteiger partial charge in [0.1, 0.15) is 6.61 Å². The van der Waals surface area contributed by atoms with Gasteiger partial charge in [-0.15, -0.1) is 0 Å². The molecule has 1 aromatic rings. The molecule has 0 spiro atoms. The second-order valence-corrected chi connectivity index (χ2v) is 6.50. The van der Waals surface area contributed by atoms with Crippen LogP contribution in [0.1, 0.15) is 11.6 Å². The molecule has 0 aliphatic carbocycles. The lowest BCUT2D eigenvalue weighted by molar-refractivity contribution is -0.173. The molecule has 20 heavy (non-hydrogen) atoms. The van der Waals surface area contributed by atoms with Gasteiger partial charge in [0.2, 0.25) is 0 Å². The normalized spacial score (nSPS) is 20.9. The fourth-order valence-electron chi connectivity index (χ4n) is 2.11. The van der Waals surface area contributed by atoms with E-state index in [-0.39, 0.29) is 23.8 Å². The topological polar surface area (TPSA) is 55.4 Å². The summed E-state index contributed by atoms with van der Waals surface area (Å²) >= 11 is 0. The second kappa shape index (κ2) is 5.71. The van der Waals surface area contributed by atoms with Gasteiger partial charge in [0.15, 0.2) is 9.84 Å². The molecule has 0 saturated heterocycles. The largest absolute Gasteiger partial charge is 0.411 e. The maximum Gasteiger partial charge on any atom is 0.411 e. The highest BCUT2D eigenvalue weighted by atomic mass is 32.2. The number of alkyl halides is 3. The summed E-state index contributed by atoms with van der Waals surface area (Å²) in [6, 6.07) is 6.21. The van der Waals surface area contributed by atoms with Crippen molar-refractivity contribution in [3.05, 3.63) is 29.8 Å². The van der Waals surface area contributed by atoms with Crippen molar-refractivity contribution in [2.45, 2.75) is 17.1 Å². The van der Waals surface area contributed by atoms with Crippen LogP contribution in [0.25, 0.3) is 0 Å². The molecule has 1 N–H and O–H groups in total. The van der Waals surface area contributed by atoms with E-state index >= 15 is 0 Å². The third kappa shape index (κ3) is 3.71. The molecule has 1 aliphatic rings. The van der Waals surface area contributed by atoms with E-state index in [4.69, 9.17) is 0 Å². The molecule has 112 valence electrons. The lowest BCUT2D eigenvalue weighted by atomic mass is 10.1. The first-order valence-corrected chi connectivity index (χ1v) is 7.64. The molecule has 0 bridgehead atoms. The average Bonchev–Trinajstić information content (AvgIpc) is 2.60. The van der Waals surface area contributed by atoms with Crippen LogP contribution >= 0.6 is 0 Å². The molecule has 1 heterocycles. The smallest absolute Gasteiger partial charge is 0.371 e. The summed E-state index contributed by atoms with van der Waals surface area (Å²) in [4.78, 5) is 0.286. The van der Waals surface area contributed by atoms with Crippen LogP contribution < -0.4 is 5.32 Å². The van der Waals surface area contributed by atoms with E-state index in [1.807, 2.05) is 0 Å². The Morgan fingerprint density at radius 2 is 2.00 bits per heavy atom. The van der Waals surface area contributed by atoms with Crippen molar-refractivity contribution in [2.24, 2.45) is 0 Å². The monoisotopic (exact) mass is 309 g/mol. The zero-order valence-corrected chi connectivity index (χ0v) is 11.3. The van der Waals surface area contributed by atoms with Crippen LogP contribution in [0.15, 0.2) is 29.2 Å². The molecule has 4 nitrogen and oxygen atoms in total. The van der Waals surface area contributed by atoms with Crippen molar-refractivity contribution >= 4 is 9.84 Å². The molecule has 0 amide bonds. The summed E-state index contributed by atoms with van der Waals surface area (Å²) in [6.07, 6.45) is -4.34. The fourth-order valence-corrected chi connectivity index (χ4v) is 3.88. The average molecular weight is 309 g/mol. The van der Waals surface area contributed by atoms with Crippen LogP contribution in [0.2, 0.25) is 0 Å². The van der Waals surface area contributed by atoms with E-state index in [1.165, 1.54) is 6.07 Å². The number of nitrogens with one attached hydrogen (secondary N) is 1. The summed E-state index contributed by atoms with van der Waals surface area (Å²) in [7, 11) is -3.30. The minimum atomic E-state index is -4.34. The number of hydrogen-bond acceptors (Lipinski definition) is 4. The van der Waals surface area contributed by atoms with Crippen molar-refractivity contribution in [1.82, 2.24) is 5.32 Å². The first-order valence-electron chi connectivity index (χ1n) is 5.99. The number of rotatable bonds is 5. The highest BCUT2D eigenvalue weighted by molar-refractivity contribution is 7.91. The van der Waals surface area contributed by atoms with Crippen molar-refractivity contribution in [1.29, 1.82) is 0 Å². The molecule has 0 saturated carbocycles. The fraction of sp³-hybridized carbons (Fsp3) is 0.500. The zero-order valence-electron chi connectivity index (χ0n) is 10.5. The Hall–Kier alpha value is -1.12. The van der Waals surface area contributed by atoms with Gasteiger partial charge in [0.25, 0.3) is 0 Å². The Morgan fingerprint density at radius 1 is 1.30 bits per heavy atom. The van der Waals surface area contributed by atoms with Gasteiger partial charge in [-0.25, -0.2) is 8.42 Å². The van der Waals surface area contributed by atoms with E-state index < -0.39 is 28.7 Å². The van der Waals surface area contributed by atoms with Gasteiger partial charge >= 0.3 is 6.18 Å². The molecular formula is C12H14F3NO3S. The van der Waals surface area contributed by atoms with Crippen LogP contribution in [-0.4, -0.2) is 40.1 Å². The van der Waals surface area contributed by atoms with Crippen molar-refractivity contribution in [3.63, 3.8) is 0 Å². The van der Waals surface area contributed by atoms with Gasteiger partial charge in [0.05, 0.1) is 17.3 Å². The molecule has 1 aliphatic heterocycles. The van der Waals surface area contributed by atoms with Crippen molar-refractivity contribution in [2.75, 3.05) is 25.5 Å². The van der Waals surface area contributed by atoms with Crippen LogP contribution in [0.5, 0.6) is 0 Å². The van der Waals surface area contributed by atoms with Crippen LogP contribution in [0, 0.1) is 0 Å². The summed E-state index contributed by atoms with van der Waals surface area (Å²) in [5.74, 6) is -0.0778. The quantitative estimate of drug-likeness (QED) is 0.841. The zero-order chi connectivity index (χ0) is 14.8. The van der Waals surface area contributed by atoms with E-state index in [0.717, 1.165) is 0 Å². The molecule has 2 rings (SSSR count). The van der Waals surface area contributed by atoms with Gasteiger partial charge in [0, 0.05) is 12.6 Å². The Balaban J connectivity index is 1.87. The molecule has 1 atom stereocenters. The molecule has 1 aromatic carbocycles. The Morgan fingerprint density at radius 3 is 2.70 bits per heavy atom. The third-order valence-electron chi connectivity index (χ3n) is 2.92. The van der Waals surface area contributed by atoms with Crippen molar-refractivity contribution < 1.29 is 26.3 Å². The van der Waals surface area contributed by atoms with Crippen LogP contribution in [0.3, 0.4) is 0 Å². The summed E-state index contributed by atoms with van der Waals surface area (Å²) < 4.78 is 63.8. The van der Waals surface area contributed by atoms with E-state index in [9.17, 15) is 21.6 Å². The number of sulfone groups is 1. The van der Waals surface area contributed by atoms with Crippen molar-refractivity contribution in [3.8, 4) is 0 Å². The number of fused-ring (bicyclic) bond motifs is 1. The van der Waals surface area contributed by atoms with Gasteiger partial charge in [-0.1, -0.05) is 18.2 Å². The first-order chi connectivity index (χ1) is 9.30. The molecule has 0 fully saturated rings. The van der Waals surface area contributed by atoms with E-state index in [0.29, 0.717) is 5.56 Å². The maximum atomic E-state index is 11.9. The third-order valence-corrected chi connectivity index (χ3v) is 4.73. The van der Waals surface area contributed by atoms with Crippen LogP contribution in [0.4, 0.5) is 13.2 Å². The standard InChI is InChI=1S/C12H14F3NO3S/c13-12(14,15)8-19-6-5-16-10-7-20(17,18)11-4-2-1-3-9(10)11/h1-4,10,16H,5-8H2. The lowest BCUT2D eigenvalue weighted by Crippen LogP contribution is -2.28. The minimum Gasteiger partial charge on any atom is -0.371 e. The summed E-state index contributed by atoms with van der Waals surface area (Å²) in [5, 5.41) is 2.91. The highest BCUT2D eigenvalue weighted by Crippen LogP contribution is 2.32. The molecular weight excluding hydrogens is 295 g/mol. The van der Waals surface area contributed by atoms with E-state index in [1.54, 1.807) is 18.2 Å². The summed E-state index contributed by atoms with van der Waals surface area (Å²) in [5.41, 5.74) is 0.656. The van der Waals surface area contributed by atoms with Gasteiger partial charge in [-0.05, 0) is 11.6 Å². The maximum absolute atomic E-state index is 11.9. The predicted molar refractivity (Wildman–Crippen MR) is 66.1 cm³/mol. The lowest BCUT2D eigenvalue weighted by Gasteiger charge is -2.13. The molecule has 0 radical (unpaired) electrons. The molecule has 1 unspecified atom stereocenters. The minimum absolute atomic E-state index is 0.0778. The van der Waals surface area contributed by atoms with Crippen LogP contribution in [-0.2, 0) is 14.6 Å². The Kier molecular flexibility index (Phi) is 4.36. The first kappa shape index (κ1) is 15.3. The number of benzene rings is 1. The summed E-state index contributed by atoms with van der Waals surface area (Å²) in [6.45, 7) is -1.27. The number of ether oxygens (including phenoxy) is 1. The van der Waals surface area contributed by atoms with Gasteiger partial charge in [-0.3, -0.25) is 0 Å². The molecule has 0 aromatic heterocycles. The predicted octanol–water partition coefficient (Wildman–Crippen LogP) is 1.68. The van der Waals surface area contributed by atoms with E-state index in [2.05, 4.69) is 10.1 Å². The highest BCUT2D eigenvalue weighted by Gasteiger charge is 2.33. The van der Waals surface area contributed by atoms with Gasteiger partial charge < -0.3 is 10.1 Å². The number of halogens is 3.